The quantitative estimate of drug-likeness (QED) is 0.631. The molecule has 3 rings (SSSR count). The summed E-state index contributed by atoms with van der Waals surface area (Å²) in [6.07, 6.45) is 3.85. The van der Waals surface area contributed by atoms with Crippen molar-refractivity contribution in [3.8, 4) is 11.4 Å². The second-order valence-electron chi connectivity index (χ2n) is 4.60. The highest BCUT2D eigenvalue weighted by atomic mass is 35.5. The molecule has 0 aliphatic carbocycles. The Morgan fingerprint density at radius 2 is 1.57 bits per heavy atom. The third-order valence-electron chi connectivity index (χ3n) is 3.12. The van der Waals surface area contributed by atoms with Crippen LogP contribution in [0.4, 0.5) is 0 Å². The Bertz CT molecular complexity index is 724. The zero-order valence-electron chi connectivity index (χ0n) is 11.2. The minimum absolute atomic E-state index is 0.466. The minimum Gasteiger partial charge on any atom is -0.487 e. The van der Waals surface area contributed by atoms with Gasteiger partial charge in [0, 0.05) is 18.5 Å². The molecule has 0 aliphatic heterocycles. The van der Waals surface area contributed by atoms with Crippen LogP contribution in [0.1, 0.15) is 5.56 Å². The molecule has 106 valence electrons. The van der Waals surface area contributed by atoms with Crippen molar-refractivity contribution in [1.82, 2.24) is 4.57 Å². The van der Waals surface area contributed by atoms with E-state index in [-0.39, 0.29) is 0 Å². The van der Waals surface area contributed by atoms with Gasteiger partial charge in [0.1, 0.15) is 12.4 Å². The van der Waals surface area contributed by atoms with Crippen LogP contribution in [0.3, 0.4) is 0 Å². The molecule has 3 aromatic rings. The molecule has 2 aromatic carbocycles. The van der Waals surface area contributed by atoms with Gasteiger partial charge in [-0.3, -0.25) is 0 Å². The van der Waals surface area contributed by atoms with Crippen LogP contribution >= 0.6 is 23.2 Å². The zero-order chi connectivity index (χ0) is 14.7. The molecule has 0 unspecified atom stereocenters. The molecule has 2 nitrogen and oxygen atoms in total. The predicted molar refractivity (Wildman–Crippen MR) is 86.6 cm³/mol. The molecular formula is C17H13Cl2NO. The van der Waals surface area contributed by atoms with E-state index >= 15 is 0 Å². The molecule has 21 heavy (non-hydrogen) atoms. The van der Waals surface area contributed by atoms with Crippen molar-refractivity contribution in [2.24, 2.45) is 0 Å². The number of halogens is 2. The van der Waals surface area contributed by atoms with Crippen LogP contribution in [0.15, 0.2) is 67.0 Å². The fraction of sp³-hybridized carbons (Fsp3) is 0.0588. The highest BCUT2D eigenvalue weighted by Crippen LogP contribution is 2.33. The van der Waals surface area contributed by atoms with E-state index in [2.05, 4.69) is 0 Å². The Morgan fingerprint density at radius 1 is 0.857 bits per heavy atom. The Labute approximate surface area is 133 Å². The summed E-state index contributed by atoms with van der Waals surface area (Å²) in [7, 11) is 0. The van der Waals surface area contributed by atoms with Crippen LogP contribution in [-0.4, -0.2) is 4.57 Å². The number of ether oxygens (including phenoxy) is 1. The van der Waals surface area contributed by atoms with Gasteiger partial charge in [-0.15, -0.1) is 0 Å². The van der Waals surface area contributed by atoms with Crippen LogP contribution in [0.5, 0.6) is 5.75 Å². The molecule has 0 aliphatic rings. The summed E-state index contributed by atoms with van der Waals surface area (Å²) in [5.41, 5.74) is 1.93. The lowest BCUT2D eigenvalue weighted by atomic mass is 10.2. The predicted octanol–water partition coefficient (Wildman–Crippen LogP) is 5.36. The number of hydrogen-bond donors (Lipinski definition) is 0. The molecule has 1 heterocycles. The van der Waals surface area contributed by atoms with Crippen molar-refractivity contribution in [2.45, 2.75) is 6.61 Å². The van der Waals surface area contributed by atoms with Crippen LogP contribution in [0.2, 0.25) is 10.0 Å². The van der Waals surface area contributed by atoms with E-state index in [1.54, 1.807) is 6.07 Å². The van der Waals surface area contributed by atoms with Crippen molar-refractivity contribution in [2.75, 3.05) is 0 Å². The highest BCUT2D eigenvalue weighted by molar-refractivity contribution is 6.36. The van der Waals surface area contributed by atoms with E-state index in [1.807, 2.05) is 65.5 Å². The summed E-state index contributed by atoms with van der Waals surface area (Å²) >= 11 is 12.5. The molecule has 0 bridgehead atoms. The first-order chi connectivity index (χ1) is 10.2. The summed E-state index contributed by atoms with van der Waals surface area (Å²) in [5, 5.41) is 1.09. The Balaban J connectivity index is 1.87. The molecule has 0 amide bonds. The van der Waals surface area contributed by atoms with Gasteiger partial charge in [0.25, 0.3) is 0 Å². The van der Waals surface area contributed by atoms with Crippen LogP contribution in [0, 0.1) is 0 Å². The van der Waals surface area contributed by atoms with Gasteiger partial charge in [-0.05, 0) is 23.8 Å². The van der Waals surface area contributed by atoms with Crippen molar-refractivity contribution < 1.29 is 4.74 Å². The van der Waals surface area contributed by atoms with E-state index < -0.39 is 0 Å². The van der Waals surface area contributed by atoms with Crippen molar-refractivity contribution >= 4 is 23.2 Å². The Hall–Kier alpha value is -1.90. The van der Waals surface area contributed by atoms with Crippen molar-refractivity contribution in [1.29, 1.82) is 0 Å². The average Bonchev–Trinajstić information content (AvgIpc) is 3.01. The Morgan fingerprint density at radius 3 is 2.29 bits per heavy atom. The third kappa shape index (κ3) is 3.23. The number of nitrogens with zero attached hydrogens (tertiary/aromatic N) is 1. The summed E-state index contributed by atoms with van der Waals surface area (Å²) < 4.78 is 7.74. The fourth-order valence-electron chi connectivity index (χ4n) is 2.06. The van der Waals surface area contributed by atoms with Gasteiger partial charge in [0.05, 0.1) is 15.7 Å². The van der Waals surface area contributed by atoms with Gasteiger partial charge in [0.2, 0.25) is 0 Å². The fourth-order valence-corrected chi connectivity index (χ4v) is 2.59. The number of hydrogen-bond acceptors (Lipinski definition) is 1. The smallest absolute Gasteiger partial charge is 0.140 e. The van der Waals surface area contributed by atoms with E-state index in [1.165, 1.54) is 0 Å². The zero-order valence-corrected chi connectivity index (χ0v) is 12.7. The molecule has 0 N–H and O–H groups in total. The van der Waals surface area contributed by atoms with Gasteiger partial charge in [-0.25, -0.2) is 0 Å². The SMILES string of the molecule is Clc1cc(Cl)c(-n2cccc2)cc1OCc1ccccc1. The van der Waals surface area contributed by atoms with E-state index in [9.17, 15) is 0 Å². The maximum atomic E-state index is 6.25. The summed E-state index contributed by atoms with van der Waals surface area (Å²) in [6.45, 7) is 0.466. The van der Waals surface area contributed by atoms with Gasteiger partial charge >= 0.3 is 0 Å². The summed E-state index contributed by atoms with van der Waals surface area (Å²) in [5.74, 6) is 0.619. The van der Waals surface area contributed by atoms with Crippen LogP contribution < -0.4 is 4.74 Å². The minimum atomic E-state index is 0.466. The molecule has 0 radical (unpaired) electrons. The van der Waals surface area contributed by atoms with Crippen LogP contribution in [-0.2, 0) is 6.61 Å². The maximum absolute atomic E-state index is 6.25. The van der Waals surface area contributed by atoms with E-state index in [4.69, 9.17) is 27.9 Å². The average molecular weight is 318 g/mol. The third-order valence-corrected chi connectivity index (χ3v) is 3.72. The summed E-state index contributed by atoms with van der Waals surface area (Å²) in [6, 6.07) is 17.4. The first-order valence-corrected chi connectivity index (χ1v) is 7.29. The second kappa shape index (κ2) is 6.25. The molecule has 4 heteroatoms. The van der Waals surface area contributed by atoms with Crippen LogP contribution in [0.25, 0.3) is 5.69 Å². The summed E-state index contributed by atoms with van der Waals surface area (Å²) in [4.78, 5) is 0. The molecule has 0 saturated carbocycles. The largest absolute Gasteiger partial charge is 0.487 e. The number of aromatic nitrogens is 1. The standard InChI is InChI=1S/C17H13Cl2NO/c18-14-10-15(19)17(11-16(14)20-8-4-5-9-20)21-12-13-6-2-1-3-7-13/h1-11H,12H2. The molecule has 1 aromatic heterocycles. The molecule has 0 spiro atoms. The van der Waals surface area contributed by atoms with Gasteiger partial charge in [-0.2, -0.15) is 0 Å². The Kier molecular flexibility index (Phi) is 4.18. The van der Waals surface area contributed by atoms with E-state index in [0.717, 1.165) is 11.3 Å². The topological polar surface area (TPSA) is 14.2 Å². The molecule has 0 saturated heterocycles. The van der Waals surface area contributed by atoms with Gasteiger partial charge < -0.3 is 9.30 Å². The highest BCUT2D eigenvalue weighted by Gasteiger charge is 2.10. The maximum Gasteiger partial charge on any atom is 0.140 e. The normalized spacial score (nSPS) is 10.6. The van der Waals surface area contributed by atoms with Crippen molar-refractivity contribution in [3.63, 3.8) is 0 Å². The monoisotopic (exact) mass is 317 g/mol. The van der Waals surface area contributed by atoms with Gasteiger partial charge in [-0.1, -0.05) is 53.5 Å². The second-order valence-corrected chi connectivity index (χ2v) is 5.41. The van der Waals surface area contributed by atoms with E-state index in [0.29, 0.717) is 22.4 Å². The first kappa shape index (κ1) is 14.1. The molecular weight excluding hydrogens is 305 g/mol. The van der Waals surface area contributed by atoms with Gasteiger partial charge in [0.15, 0.2) is 0 Å². The number of benzene rings is 2. The molecule has 0 fully saturated rings. The first-order valence-electron chi connectivity index (χ1n) is 6.53. The lowest BCUT2D eigenvalue weighted by Crippen LogP contribution is -1.98. The number of rotatable bonds is 4. The molecule has 0 atom stereocenters. The van der Waals surface area contributed by atoms with Crippen molar-refractivity contribution in [3.05, 3.63) is 82.6 Å². The lowest BCUT2D eigenvalue weighted by Gasteiger charge is -2.12. The lowest BCUT2D eigenvalue weighted by molar-refractivity contribution is 0.306.